The van der Waals surface area contributed by atoms with E-state index in [0.29, 0.717) is 17.8 Å². The Balaban J connectivity index is 1.84. The summed E-state index contributed by atoms with van der Waals surface area (Å²) >= 11 is 0. The fraction of sp³-hybridized carbons (Fsp3) is 0.294. The van der Waals surface area contributed by atoms with Crippen molar-refractivity contribution >= 4 is 23.1 Å². The van der Waals surface area contributed by atoms with Gasteiger partial charge in [0.15, 0.2) is 11.5 Å². The van der Waals surface area contributed by atoms with Crippen LogP contribution in [0.4, 0.5) is 10.6 Å². The molecule has 1 atom stereocenters. The average Bonchev–Trinajstić information content (AvgIpc) is 3.05. The molecule has 1 unspecified atom stereocenters. The highest BCUT2D eigenvalue weighted by Crippen LogP contribution is 2.19. The predicted molar refractivity (Wildman–Crippen MR) is 94.1 cm³/mol. The highest BCUT2D eigenvalue weighted by atomic mass is 16.5. The van der Waals surface area contributed by atoms with Crippen molar-refractivity contribution in [2.24, 2.45) is 5.73 Å². The summed E-state index contributed by atoms with van der Waals surface area (Å²) in [5.41, 5.74) is 7.66. The van der Waals surface area contributed by atoms with Crippen LogP contribution >= 0.6 is 0 Å². The van der Waals surface area contributed by atoms with Gasteiger partial charge in [0.1, 0.15) is 18.5 Å². The van der Waals surface area contributed by atoms with E-state index >= 15 is 0 Å². The van der Waals surface area contributed by atoms with Crippen molar-refractivity contribution < 1.29 is 9.53 Å². The van der Waals surface area contributed by atoms with Gasteiger partial charge in [-0.3, -0.25) is 0 Å². The van der Waals surface area contributed by atoms with Crippen LogP contribution in [0.2, 0.25) is 0 Å². The summed E-state index contributed by atoms with van der Waals surface area (Å²) in [6.07, 6.45) is 3.07. The lowest BCUT2D eigenvalue weighted by atomic mass is 10.1. The van der Waals surface area contributed by atoms with Crippen LogP contribution < -0.4 is 11.1 Å². The molecule has 1 amide bonds. The van der Waals surface area contributed by atoms with E-state index in [9.17, 15) is 4.79 Å². The van der Waals surface area contributed by atoms with Crippen molar-refractivity contribution in [1.29, 1.82) is 0 Å². The molecule has 0 saturated heterocycles. The van der Waals surface area contributed by atoms with Crippen molar-refractivity contribution in [3.05, 3.63) is 48.5 Å². The second-order valence-corrected chi connectivity index (χ2v) is 5.59. The van der Waals surface area contributed by atoms with Crippen molar-refractivity contribution in [3.8, 4) is 0 Å². The number of hydrogen-bond acceptors (Lipinski definition) is 6. The number of ether oxygens (including phenoxy) is 1. The van der Waals surface area contributed by atoms with Crippen LogP contribution in [0.15, 0.2) is 43.0 Å². The van der Waals surface area contributed by atoms with Crippen LogP contribution in [0, 0.1) is 0 Å². The molecule has 0 spiro atoms. The molecule has 8 heteroatoms. The van der Waals surface area contributed by atoms with E-state index in [4.69, 9.17) is 10.5 Å². The number of carbonyl (C=O) groups excluding carboxylic acids is 1. The molecule has 130 valence electrons. The molecule has 0 fully saturated rings. The van der Waals surface area contributed by atoms with E-state index in [1.165, 1.54) is 6.33 Å². The molecule has 2 heterocycles. The molecule has 3 N–H and O–H groups in total. The van der Waals surface area contributed by atoms with Crippen molar-refractivity contribution in [2.45, 2.75) is 25.9 Å². The largest absolute Gasteiger partial charge is 0.448 e. The molecule has 0 bridgehead atoms. The Labute approximate surface area is 145 Å². The molecule has 1 aromatic carbocycles. The number of nitrogens with two attached hydrogens (primary N) is 1. The van der Waals surface area contributed by atoms with Crippen molar-refractivity contribution in [1.82, 2.24) is 19.5 Å². The molecular formula is C17H20N6O2. The van der Waals surface area contributed by atoms with Crippen LogP contribution in [0.3, 0.4) is 0 Å². The fourth-order valence-electron chi connectivity index (χ4n) is 2.64. The number of anilines is 1. The Bertz CT molecular complexity index is 849. The lowest BCUT2D eigenvalue weighted by molar-refractivity contribution is 0.151. The molecule has 3 aromatic rings. The first kappa shape index (κ1) is 16.7. The van der Waals surface area contributed by atoms with Gasteiger partial charge in [-0.2, -0.15) is 0 Å². The van der Waals surface area contributed by atoms with Gasteiger partial charge in [-0.1, -0.05) is 30.3 Å². The van der Waals surface area contributed by atoms with Crippen LogP contribution in [0.25, 0.3) is 11.2 Å². The van der Waals surface area contributed by atoms with Crippen molar-refractivity contribution in [2.75, 3.05) is 11.9 Å². The van der Waals surface area contributed by atoms with E-state index in [1.807, 2.05) is 41.8 Å². The van der Waals surface area contributed by atoms with E-state index in [1.54, 1.807) is 6.33 Å². The standard InChI is InChI=1S/C17H20N6O2/c1-2-23-11-21-14-15(19-10-20-16(14)23)22-13(9-25-17(18)24)8-12-6-4-3-5-7-12/h3-7,10-11,13H,2,8-9H2,1H3,(H2,18,24)(H,19,20,22). The molecular weight excluding hydrogens is 320 g/mol. The lowest BCUT2D eigenvalue weighted by Gasteiger charge is -2.19. The summed E-state index contributed by atoms with van der Waals surface area (Å²) in [5.74, 6) is 0.603. The molecule has 25 heavy (non-hydrogen) atoms. The number of primary amides is 1. The number of hydrogen-bond donors (Lipinski definition) is 2. The van der Waals surface area contributed by atoms with Gasteiger partial charge in [-0.05, 0) is 18.9 Å². The monoisotopic (exact) mass is 340 g/mol. The number of rotatable bonds is 7. The van der Waals surface area contributed by atoms with Gasteiger partial charge in [0.05, 0.1) is 12.4 Å². The van der Waals surface area contributed by atoms with Crippen LogP contribution in [-0.4, -0.2) is 38.3 Å². The van der Waals surface area contributed by atoms with E-state index in [0.717, 1.165) is 17.8 Å². The Kier molecular flexibility index (Phi) is 5.08. The molecule has 3 rings (SSSR count). The second kappa shape index (κ2) is 7.61. The van der Waals surface area contributed by atoms with Gasteiger partial charge in [0.25, 0.3) is 0 Å². The topological polar surface area (TPSA) is 108 Å². The first-order chi connectivity index (χ1) is 12.2. The minimum atomic E-state index is -0.803. The Morgan fingerprint density at radius 3 is 2.80 bits per heavy atom. The second-order valence-electron chi connectivity index (χ2n) is 5.59. The molecule has 0 radical (unpaired) electrons. The summed E-state index contributed by atoms with van der Waals surface area (Å²) in [4.78, 5) is 24.0. The first-order valence-corrected chi connectivity index (χ1v) is 8.06. The zero-order valence-electron chi connectivity index (χ0n) is 13.9. The normalized spacial score (nSPS) is 12.0. The highest BCUT2D eigenvalue weighted by molar-refractivity contribution is 5.82. The van der Waals surface area contributed by atoms with Gasteiger partial charge in [0, 0.05) is 6.54 Å². The molecule has 0 aliphatic heterocycles. The SMILES string of the molecule is CCn1cnc2c(NC(COC(N)=O)Cc3ccccc3)ncnc21. The first-order valence-electron chi connectivity index (χ1n) is 8.06. The maximum absolute atomic E-state index is 11.0. The summed E-state index contributed by atoms with van der Waals surface area (Å²) in [6, 6.07) is 9.72. The van der Waals surface area contributed by atoms with E-state index in [2.05, 4.69) is 20.3 Å². The fourth-order valence-corrected chi connectivity index (χ4v) is 2.64. The van der Waals surface area contributed by atoms with E-state index < -0.39 is 6.09 Å². The summed E-state index contributed by atoms with van der Waals surface area (Å²) in [7, 11) is 0. The van der Waals surface area contributed by atoms with Crippen molar-refractivity contribution in [3.63, 3.8) is 0 Å². The molecule has 2 aromatic heterocycles. The zero-order chi connectivity index (χ0) is 17.6. The van der Waals surface area contributed by atoms with Gasteiger partial charge in [0.2, 0.25) is 0 Å². The number of aryl methyl sites for hydroxylation is 1. The summed E-state index contributed by atoms with van der Waals surface area (Å²) in [5, 5.41) is 3.30. The number of nitrogens with zero attached hydrogens (tertiary/aromatic N) is 4. The number of benzene rings is 1. The number of nitrogens with one attached hydrogen (secondary N) is 1. The van der Waals surface area contributed by atoms with Gasteiger partial charge in [-0.25, -0.2) is 19.7 Å². The van der Waals surface area contributed by atoms with Gasteiger partial charge in [-0.15, -0.1) is 0 Å². The lowest BCUT2D eigenvalue weighted by Crippen LogP contribution is -2.31. The van der Waals surface area contributed by atoms with E-state index in [-0.39, 0.29) is 12.6 Å². The van der Waals surface area contributed by atoms with Crippen LogP contribution in [-0.2, 0) is 17.7 Å². The Morgan fingerprint density at radius 2 is 2.08 bits per heavy atom. The maximum Gasteiger partial charge on any atom is 0.404 e. The minimum Gasteiger partial charge on any atom is -0.448 e. The maximum atomic E-state index is 11.0. The third-order valence-electron chi connectivity index (χ3n) is 3.83. The number of amides is 1. The summed E-state index contributed by atoms with van der Waals surface area (Å²) in [6.45, 7) is 2.92. The average molecular weight is 340 g/mol. The number of imidazole rings is 1. The van der Waals surface area contributed by atoms with Gasteiger partial charge < -0.3 is 20.4 Å². The quantitative estimate of drug-likeness (QED) is 0.681. The number of carbonyl (C=O) groups is 1. The predicted octanol–water partition coefficient (Wildman–Crippen LogP) is 1.96. The van der Waals surface area contributed by atoms with Crippen LogP contribution in [0.5, 0.6) is 0 Å². The number of aromatic nitrogens is 4. The molecule has 8 nitrogen and oxygen atoms in total. The molecule has 0 saturated carbocycles. The summed E-state index contributed by atoms with van der Waals surface area (Å²) < 4.78 is 6.93. The smallest absolute Gasteiger partial charge is 0.404 e. The van der Waals surface area contributed by atoms with Crippen LogP contribution in [0.1, 0.15) is 12.5 Å². The van der Waals surface area contributed by atoms with Gasteiger partial charge >= 0.3 is 6.09 Å². The Morgan fingerprint density at radius 1 is 1.28 bits per heavy atom. The zero-order valence-corrected chi connectivity index (χ0v) is 13.9. The Hall–Kier alpha value is -3.16. The third kappa shape index (κ3) is 4.03. The third-order valence-corrected chi connectivity index (χ3v) is 3.83. The molecule has 0 aliphatic rings. The minimum absolute atomic E-state index is 0.129. The highest BCUT2D eigenvalue weighted by Gasteiger charge is 2.16. The number of fused-ring (bicyclic) bond motifs is 1. The molecule has 0 aliphatic carbocycles.